The van der Waals surface area contributed by atoms with Crippen LogP contribution in [-0.2, 0) is 0 Å². The molecule has 0 atom stereocenters. The van der Waals surface area contributed by atoms with Gasteiger partial charge in [0.05, 0.1) is 24.4 Å². The van der Waals surface area contributed by atoms with Gasteiger partial charge < -0.3 is 9.64 Å². The second-order valence-corrected chi connectivity index (χ2v) is 8.87. The van der Waals surface area contributed by atoms with Crippen LogP contribution in [-0.4, -0.2) is 31.3 Å². The Hall–Kier alpha value is -2.60. The average Bonchev–Trinajstić information content (AvgIpc) is 2.70. The summed E-state index contributed by atoms with van der Waals surface area (Å²) in [7, 11) is 1.54. The fourth-order valence-electron chi connectivity index (χ4n) is 3.90. The number of carbonyl (C=O) groups is 1. The Kier molecular flexibility index (Phi) is 6.66. The zero-order valence-electron chi connectivity index (χ0n) is 18.1. The van der Waals surface area contributed by atoms with Crippen molar-refractivity contribution in [1.29, 1.82) is 0 Å². The first-order valence-corrected chi connectivity index (χ1v) is 10.8. The predicted octanol–water partition coefficient (Wildman–Crippen LogP) is 5.63. The van der Waals surface area contributed by atoms with E-state index in [0.717, 1.165) is 23.0 Å². The maximum atomic E-state index is 12.5. The largest absolute Gasteiger partial charge is 0.496 e. The third-order valence-corrected chi connectivity index (χ3v) is 5.73. The van der Waals surface area contributed by atoms with Crippen molar-refractivity contribution in [3.05, 3.63) is 63.6 Å². The van der Waals surface area contributed by atoms with Crippen molar-refractivity contribution < 1.29 is 9.53 Å². The number of allylic oxidation sites excluding steroid dienone is 1. The number of hydrazone groups is 1. The third-order valence-electron chi connectivity index (χ3n) is 5.23. The number of nitrogens with one attached hydrogen (secondary N) is 1. The van der Waals surface area contributed by atoms with Gasteiger partial charge in [0.25, 0.3) is 5.91 Å². The second-order valence-electron chi connectivity index (χ2n) is 7.95. The summed E-state index contributed by atoms with van der Waals surface area (Å²) in [5, 5.41) is 4.15. The standard InChI is InChI=1S/C24H28BrN3O2/c1-6-11-28-21-9-7-17(12-19(21)16(2)14-24(28,3)4)15-26-27-23(29)20-13-18(25)8-10-22(20)30-5/h7-10,12-15H,6,11H2,1-5H3,(H,27,29)/b26-15-. The van der Waals surface area contributed by atoms with Crippen molar-refractivity contribution in [2.24, 2.45) is 5.10 Å². The van der Waals surface area contributed by atoms with Crippen molar-refractivity contribution in [3.63, 3.8) is 0 Å². The molecule has 0 aromatic heterocycles. The molecule has 0 saturated heterocycles. The van der Waals surface area contributed by atoms with E-state index in [1.165, 1.54) is 23.9 Å². The van der Waals surface area contributed by atoms with Crippen molar-refractivity contribution in [1.82, 2.24) is 5.43 Å². The van der Waals surface area contributed by atoms with Crippen molar-refractivity contribution >= 4 is 39.3 Å². The number of amides is 1. The minimum atomic E-state index is -0.325. The molecule has 0 radical (unpaired) electrons. The molecule has 2 aromatic rings. The molecule has 0 saturated carbocycles. The molecule has 1 aliphatic rings. The van der Waals surface area contributed by atoms with E-state index in [0.29, 0.717) is 11.3 Å². The number of hydrogen-bond acceptors (Lipinski definition) is 4. The van der Waals surface area contributed by atoms with E-state index < -0.39 is 0 Å². The van der Waals surface area contributed by atoms with Gasteiger partial charge in [0.1, 0.15) is 5.75 Å². The monoisotopic (exact) mass is 469 g/mol. The van der Waals surface area contributed by atoms with Crippen LogP contribution in [0.2, 0.25) is 0 Å². The molecule has 5 nitrogen and oxygen atoms in total. The number of rotatable bonds is 6. The molecular formula is C24H28BrN3O2. The Labute approximate surface area is 186 Å². The Morgan fingerprint density at radius 2 is 2.03 bits per heavy atom. The summed E-state index contributed by atoms with van der Waals surface area (Å²) in [6, 6.07) is 11.6. The molecular weight excluding hydrogens is 442 g/mol. The molecule has 1 amide bonds. The van der Waals surface area contributed by atoms with Crippen molar-refractivity contribution in [2.75, 3.05) is 18.6 Å². The van der Waals surface area contributed by atoms with E-state index in [9.17, 15) is 4.79 Å². The Bertz CT molecular complexity index is 1010. The number of fused-ring (bicyclic) bond motifs is 1. The van der Waals surface area contributed by atoms with E-state index in [-0.39, 0.29) is 11.4 Å². The number of anilines is 1. The first kappa shape index (κ1) is 22.1. The van der Waals surface area contributed by atoms with E-state index in [1.807, 2.05) is 12.1 Å². The number of methoxy groups -OCH3 is 1. The molecule has 0 fully saturated rings. The summed E-state index contributed by atoms with van der Waals surface area (Å²) >= 11 is 3.38. The number of halogens is 1. The molecule has 3 rings (SSSR count). The minimum absolute atomic E-state index is 0.0142. The van der Waals surface area contributed by atoms with E-state index in [2.05, 4.69) is 77.3 Å². The van der Waals surface area contributed by atoms with Gasteiger partial charge in [0.15, 0.2) is 0 Å². The summed E-state index contributed by atoms with van der Waals surface area (Å²) in [6.45, 7) is 9.84. The Balaban J connectivity index is 1.81. The number of carbonyl (C=O) groups excluding carboxylic acids is 1. The van der Waals surface area contributed by atoms with Gasteiger partial charge in [-0.3, -0.25) is 4.79 Å². The number of hydrogen-bond donors (Lipinski definition) is 1. The SMILES string of the molecule is CCCN1c2ccc(/C=N\NC(=O)c3cc(Br)ccc3OC)cc2C(C)=CC1(C)C. The highest BCUT2D eigenvalue weighted by molar-refractivity contribution is 9.10. The second kappa shape index (κ2) is 9.04. The molecule has 0 bridgehead atoms. The van der Waals surface area contributed by atoms with E-state index >= 15 is 0 Å². The van der Waals surface area contributed by atoms with Crippen LogP contribution in [0.5, 0.6) is 5.75 Å². The van der Waals surface area contributed by atoms with Crippen LogP contribution in [0.1, 0.15) is 55.6 Å². The van der Waals surface area contributed by atoms with Gasteiger partial charge in [-0.25, -0.2) is 5.43 Å². The predicted molar refractivity (Wildman–Crippen MR) is 128 cm³/mol. The first-order chi connectivity index (χ1) is 14.3. The molecule has 158 valence electrons. The quantitative estimate of drug-likeness (QED) is 0.440. The number of nitrogens with zero attached hydrogens (tertiary/aromatic N) is 2. The Morgan fingerprint density at radius 3 is 2.73 bits per heavy atom. The van der Waals surface area contributed by atoms with Crippen LogP contribution in [0.25, 0.3) is 5.57 Å². The number of benzene rings is 2. The van der Waals surface area contributed by atoms with E-state index in [1.54, 1.807) is 18.3 Å². The lowest BCUT2D eigenvalue weighted by Gasteiger charge is -2.43. The van der Waals surface area contributed by atoms with Crippen molar-refractivity contribution in [2.45, 2.75) is 39.7 Å². The molecule has 6 heteroatoms. The van der Waals surface area contributed by atoms with Gasteiger partial charge >= 0.3 is 0 Å². The van der Waals surface area contributed by atoms with Crippen LogP contribution < -0.4 is 15.1 Å². The minimum Gasteiger partial charge on any atom is -0.496 e. The molecule has 1 N–H and O–H groups in total. The molecule has 1 heterocycles. The lowest BCUT2D eigenvalue weighted by atomic mass is 9.88. The maximum Gasteiger partial charge on any atom is 0.275 e. The average molecular weight is 470 g/mol. The highest BCUT2D eigenvalue weighted by Crippen LogP contribution is 2.39. The van der Waals surface area contributed by atoms with Crippen LogP contribution >= 0.6 is 15.9 Å². The highest BCUT2D eigenvalue weighted by Gasteiger charge is 2.30. The van der Waals surface area contributed by atoms with Crippen LogP contribution in [0.3, 0.4) is 0 Å². The van der Waals surface area contributed by atoms with Gasteiger partial charge in [0.2, 0.25) is 0 Å². The van der Waals surface area contributed by atoms with Crippen LogP contribution in [0, 0.1) is 0 Å². The molecule has 30 heavy (non-hydrogen) atoms. The summed E-state index contributed by atoms with van der Waals surface area (Å²) in [5.74, 6) is 0.174. The van der Waals surface area contributed by atoms with Gasteiger partial charge in [0, 0.05) is 22.3 Å². The Morgan fingerprint density at radius 1 is 1.27 bits per heavy atom. The van der Waals surface area contributed by atoms with E-state index in [4.69, 9.17) is 4.74 Å². The normalized spacial score (nSPS) is 15.0. The molecule has 0 aliphatic carbocycles. The lowest BCUT2D eigenvalue weighted by molar-refractivity contribution is 0.0952. The fourth-order valence-corrected chi connectivity index (χ4v) is 4.26. The summed E-state index contributed by atoms with van der Waals surface area (Å²) < 4.78 is 6.06. The van der Waals surface area contributed by atoms with Crippen molar-refractivity contribution in [3.8, 4) is 5.75 Å². The molecule has 2 aromatic carbocycles. The van der Waals surface area contributed by atoms with Crippen LogP contribution in [0.15, 0.2) is 52.0 Å². The first-order valence-electron chi connectivity index (χ1n) is 10.0. The van der Waals surface area contributed by atoms with Gasteiger partial charge in [-0.05, 0) is 68.7 Å². The maximum absolute atomic E-state index is 12.5. The third kappa shape index (κ3) is 4.59. The highest BCUT2D eigenvalue weighted by atomic mass is 79.9. The van der Waals surface area contributed by atoms with Gasteiger partial charge in [-0.2, -0.15) is 5.10 Å². The topological polar surface area (TPSA) is 53.9 Å². The molecule has 1 aliphatic heterocycles. The summed E-state index contributed by atoms with van der Waals surface area (Å²) in [6.07, 6.45) is 5.07. The zero-order chi connectivity index (χ0) is 21.9. The summed E-state index contributed by atoms with van der Waals surface area (Å²) in [5.41, 5.74) is 7.61. The molecule has 0 spiro atoms. The zero-order valence-corrected chi connectivity index (χ0v) is 19.7. The fraction of sp³-hybridized carbons (Fsp3) is 0.333. The summed E-state index contributed by atoms with van der Waals surface area (Å²) in [4.78, 5) is 14.9. The lowest BCUT2D eigenvalue weighted by Crippen LogP contribution is -2.45. The number of ether oxygens (including phenoxy) is 1. The smallest absolute Gasteiger partial charge is 0.275 e. The molecule has 0 unspecified atom stereocenters. The van der Waals surface area contributed by atoms with Crippen LogP contribution in [0.4, 0.5) is 5.69 Å². The van der Waals surface area contributed by atoms with Gasteiger partial charge in [-0.1, -0.05) is 35.0 Å². The van der Waals surface area contributed by atoms with Gasteiger partial charge in [-0.15, -0.1) is 0 Å².